The fourth-order valence-electron chi connectivity index (χ4n) is 1.21. The van der Waals surface area contributed by atoms with Crippen LogP contribution < -0.4 is 21.7 Å². The molecule has 1 aromatic carbocycles. The van der Waals surface area contributed by atoms with Gasteiger partial charge in [0.1, 0.15) is 0 Å². The van der Waals surface area contributed by atoms with Crippen molar-refractivity contribution in [2.24, 2.45) is 5.73 Å². The molecule has 0 bridgehead atoms. The second-order valence-electron chi connectivity index (χ2n) is 3.28. The molecule has 0 heterocycles. The zero-order chi connectivity index (χ0) is 14.4. The lowest BCUT2D eigenvalue weighted by atomic mass is 10.1. The van der Waals surface area contributed by atoms with Crippen molar-refractivity contribution in [2.45, 2.75) is 0 Å². The number of hydrazine groups is 1. The van der Waals surface area contributed by atoms with Crippen molar-refractivity contribution < 1.29 is 14.8 Å². The number of carbonyl (C=O) groups excluding carboxylic acids is 1. The van der Waals surface area contributed by atoms with Gasteiger partial charge < -0.3 is 15.6 Å². The topological polar surface area (TPSA) is 133 Å². The molecule has 100 valence electrons. The van der Waals surface area contributed by atoms with Gasteiger partial charge in [-0.15, -0.1) is 0 Å². The van der Waals surface area contributed by atoms with E-state index in [-0.39, 0.29) is 16.4 Å². The summed E-state index contributed by atoms with van der Waals surface area (Å²) in [5, 5.41) is 21.5. The van der Waals surface area contributed by atoms with Gasteiger partial charge in [-0.2, -0.15) is 0 Å². The minimum absolute atomic E-state index is 0.101. The number of benzene rings is 1. The van der Waals surface area contributed by atoms with Crippen LogP contribution in [0.4, 0.5) is 5.69 Å². The average molecular weight is 281 g/mol. The summed E-state index contributed by atoms with van der Waals surface area (Å²) in [6.07, 6.45) is 1.04. The molecule has 1 aromatic rings. The Morgan fingerprint density at radius 3 is 2.53 bits per heavy atom. The minimum Gasteiger partial charge on any atom is -0.543 e. The summed E-state index contributed by atoms with van der Waals surface area (Å²) in [5.74, 6) is -1.57. The number of nitrogens with zero attached hydrogens (tertiary/aromatic N) is 1. The SMILES string of the molecule is NC(=S)NN/C(=C/c1ccccc1[N+](=O)[O-])C(=O)[O-]. The van der Waals surface area contributed by atoms with Crippen molar-refractivity contribution in [1.29, 1.82) is 0 Å². The van der Waals surface area contributed by atoms with Crippen molar-refractivity contribution in [3.05, 3.63) is 45.6 Å². The third-order valence-electron chi connectivity index (χ3n) is 1.97. The van der Waals surface area contributed by atoms with Crippen LogP contribution in [-0.4, -0.2) is 16.0 Å². The van der Waals surface area contributed by atoms with E-state index in [1.807, 2.05) is 0 Å². The van der Waals surface area contributed by atoms with Crippen LogP contribution in [0.2, 0.25) is 0 Å². The van der Waals surface area contributed by atoms with Crippen LogP contribution in [0, 0.1) is 10.1 Å². The normalized spacial score (nSPS) is 10.6. The van der Waals surface area contributed by atoms with Gasteiger partial charge in [0.2, 0.25) is 0 Å². The van der Waals surface area contributed by atoms with E-state index in [9.17, 15) is 20.0 Å². The van der Waals surface area contributed by atoms with Crippen LogP contribution in [-0.2, 0) is 4.79 Å². The average Bonchev–Trinajstić information content (AvgIpc) is 2.34. The summed E-state index contributed by atoms with van der Waals surface area (Å²) in [4.78, 5) is 21.0. The summed E-state index contributed by atoms with van der Waals surface area (Å²) >= 11 is 4.49. The third-order valence-corrected chi connectivity index (χ3v) is 2.08. The Balaban J connectivity index is 3.11. The molecule has 0 aliphatic heterocycles. The van der Waals surface area contributed by atoms with E-state index in [2.05, 4.69) is 23.1 Å². The van der Waals surface area contributed by atoms with Gasteiger partial charge in [-0.3, -0.25) is 21.0 Å². The summed E-state index contributed by atoms with van der Waals surface area (Å²) < 4.78 is 0. The Hall–Kier alpha value is -2.68. The first kappa shape index (κ1) is 14.4. The molecule has 0 aromatic heterocycles. The van der Waals surface area contributed by atoms with Crippen molar-refractivity contribution in [2.75, 3.05) is 0 Å². The lowest BCUT2D eigenvalue weighted by Crippen LogP contribution is -2.44. The largest absolute Gasteiger partial charge is 0.543 e. The Morgan fingerprint density at radius 1 is 1.37 bits per heavy atom. The smallest absolute Gasteiger partial charge is 0.276 e. The number of hydrogen-bond acceptors (Lipinski definition) is 6. The Morgan fingerprint density at radius 2 is 2.00 bits per heavy atom. The molecular weight excluding hydrogens is 272 g/mol. The predicted octanol–water partition coefficient (Wildman–Crippen LogP) is -0.977. The number of nitrogens with one attached hydrogen (secondary N) is 2. The Kier molecular flexibility index (Phi) is 4.77. The lowest BCUT2D eigenvalue weighted by molar-refractivity contribution is -0.385. The van der Waals surface area contributed by atoms with Crippen LogP contribution in [0.25, 0.3) is 6.08 Å². The van der Waals surface area contributed by atoms with Gasteiger partial charge in [0, 0.05) is 6.07 Å². The van der Waals surface area contributed by atoms with E-state index < -0.39 is 16.6 Å². The second kappa shape index (κ2) is 6.31. The molecule has 0 amide bonds. The van der Waals surface area contributed by atoms with E-state index in [1.54, 1.807) is 0 Å². The molecule has 4 N–H and O–H groups in total. The number of carboxylic acid groups (broad SMARTS) is 1. The number of carboxylic acids is 1. The zero-order valence-electron chi connectivity index (χ0n) is 9.45. The quantitative estimate of drug-likeness (QED) is 0.271. The maximum atomic E-state index is 10.9. The number of rotatable bonds is 5. The molecule has 0 unspecified atom stereocenters. The van der Waals surface area contributed by atoms with Crippen molar-refractivity contribution in [3.63, 3.8) is 0 Å². The number of carbonyl (C=O) groups is 1. The molecule has 9 heteroatoms. The van der Waals surface area contributed by atoms with Gasteiger partial charge in [0.15, 0.2) is 5.11 Å². The van der Waals surface area contributed by atoms with E-state index in [4.69, 9.17) is 5.73 Å². The van der Waals surface area contributed by atoms with Gasteiger partial charge >= 0.3 is 0 Å². The Bertz CT molecular complexity index is 558. The molecular formula is C10H9N4O4S-. The zero-order valence-corrected chi connectivity index (χ0v) is 10.3. The molecule has 19 heavy (non-hydrogen) atoms. The highest BCUT2D eigenvalue weighted by Gasteiger charge is 2.11. The van der Waals surface area contributed by atoms with E-state index in [1.165, 1.54) is 24.3 Å². The minimum atomic E-state index is -1.57. The van der Waals surface area contributed by atoms with E-state index in [0.29, 0.717) is 0 Å². The summed E-state index contributed by atoms with van der Waals surface area (Å²) in [5.41, 5.74) is 8.93. The Labute approximate surface area is 113 Å². The highest BCUT2D eigenvalue weighted by Crippen LogP contribution is 2.19. The number of nitro groups is 1. The highest BCUT2D eigenvalue weighted by molar-refractivity contribution is 7.80. The number of nitrogens with two attached hydrogens (primary N) is 1. The fraction of sp³-hybridized carbons (Fsp3) is 0. The fourth-order valence-corrected chi connectivity index (χ4v) is 1.26. The number of aliphatic carboxylic acids is 1. The second-order valence-corrected chi connectivity index (χ2v) is 3.72. The van der Waals surface area contributed by atoms with Crippen LogP contribution >= 0.6 is 12.2 Å². The number of thiocarbonyl (C=S) groups is 1. The van der Waals surface area contributed by atoms with E-state index in [0.717, 1.165) is 6.08 Å². The maximum Gasteiger partial charge on any atom is 0.276 e. The van der Waals surface area contributed by atoms with Crippen molar-refractivity contribution >= 4 is 35.1 Å². The third kappa shape index (κ3) is 4.24. The van der Waals surface area contributed by atoms with Gasteiger partial charge in [0.05, 0.1) is 22.2 Å². The first-order valence-corrected chi connectivity index (χ1v) is 5.30. The monoisotopic (exact) mass is 281 g/mol. The molecule has 0 saturated carbocycles. The molecule has 0 aliphatic carbocycles. The molecule has 0 radical (unpaired) electrons. The van der Waals surface area contributed by atoms with Gasteiger partial charge in [-0.25, -0.2) is 0 Å². The molecule has 8 nitrogen and oxygen atoms in total. The molecule has 1 rings (SSSR count). The maximum absolute atomic E-state index is 10.9. The van der Waals surface area contributed by atoms with Crippen LogP contribution in [0.3, 0.4) is 0 Å². The molecule has 0 fully saturated rings. The van der Waals surface area contributed by atoms with Gasteiger partial charge in [-0.1, -0.05) is 12.1 Å². The highest BCUT2D eigenvalue weighted by atomic mass is 32.1. The molecule has 0 atom stereocenters. The standard InChI is InChI=1S/C10H10N4O4S/c11-10(19)13-12-7(9(15)16)5-6-3-1-2-4-8(6)14(17)18/h1-5,12H,(H,15,16)(H3,11,13,19)/p-1/b7-5+. The first-order chi connectivity index (χ1) is 8.91. The summed E-state index contributed by atoms with van der Waals surface area (Å²) in [6, 6.07) is 5.64. The van der Waals surface area contributed by atoms with Crippen LogP contribution in [0.15, 0.2) is 30.0 Å². The molecule has 0 saturated heterocycles. The summed E-state index contributed by atoms with van der Waals surface area (Å²) in [6.45, 7) is 0. The predicted molar refractivity (Wildman–Crippen MR) is 69.1 cm³/mol. The number of hydrogen-bond donors (Lipinski definition) is 3. The van der Waals surface area contributed by atoms with Crippen LogP contribution in [0.1, 0.15) is 5.56 Å². The van der Waals surface area contributed by atoms with Crippen molar-refractivity contribution in [1.82, 2.24) is 10.9 Å². The molecule has 0 aliphatic rings. The number of nitro benzene ring substituents is 1. The first-order valence-electron chi connectivity index (χ1n) is 4.89. The van der Waals surface area contributed by atoms with Gasteiger partial charge in [0.25, 0.3) is 5.69 Å². The van der Waals surface area contributed by atoms with Crippen LogP contribution in [0.5, 0.6) is 0 Å². The van der Waals surface area contributed by atoms with Gasteiger partial charge in [-0.05, 0) is 24.4 Å². The van der Waals surface area contributed by atoms with E-state index >= 15 is 0 Å². The summed E-state index contributed by atoms with van der Waals surface area (Å²) in [7, 11) is 0. The van der Waals surface area contributed by atoms with Crippen molar-refractivity contribution in [3.8, 4) is 0 Å². The molecule has 0 spiro atoms. The number of para-hydroxylation sites is 1. The lowest BCUT2D eigenvalue weighted by Gasteiger charge is -2.12.